The van der Waals surface area contributed by atoms with E-state index in [4.69, 9.17) is 17.0 Å². The van der Waals surface area contributed by atoms with E-state index >= 15 is 0 Å². The Labute approximate surface area is 132 Å². The van der Waals surface area contributed by atoms with Crippen molar-refractivity contribution in [3.63, 3.8) is 0 Å². The number of aromatic nitrogens is 2. The molecule has 0 aliphatic rings. The van der Waals surface area contributed by atoms with E-state index in [1.165, 1.54) is 10.6 Å². The van der Waals surface area contributed by atoms with Crippen LogP contribution in [0.1, 0.15) is 10.4 Å². The third kappa shape index (κ3) is 2.58. The van der Waals surface area contributed by atoms with Crippen LogP contribution in [-0.2, 0) is 0 Å². The maximum absolute atomic E-state index is 12.5. The van der Waals surface area contributed by atoms with Gasteiger partial charge in [-0.25, -0.2) is 0 Å². The fraction of sp³-hybridized carbons (Fsp3) is 0.0588. The predicted octanol–water partition coefficient (Wildman–Crippen LogP) is 4.06. The Bertz CT molecular complexity index is 922. The van der Waals surface area contributed by atoms with Crippen LogP contribution in [0.3, 0.4) is 0 Å². The van der Waals surface area contributed by atoms with Crippen molar-refractivity contribution in [3.05, 3.63) is 64.9 Å². The molecule has 0 unspecified atom stereocenters. The van der Waals surface area contributed by atoms with Gasteiger partial charge in [-0.1, -0.05) is 30.3 Å². The molecule has 0 radical (unpaired) electrons. The molecule has 1 N–H and O–H groups in total. The van der Waals surface area contributed by atoms with E-state index in [1.54, 1.807) is 13.2 Å². The van der Waals surface area contributed by atoms with Crippen molar-refractivity contribution in [2.45, 2.75) is 0 Å². The van der Waals surface area contributed by atoms with E-state index in [1.807, 2.05) is 48.5 Å². The molecule has 1 aromatic heterocycles. The van der Waals surface area contributed by atoms with Gasteiger partial charge in [-0.15, -0.1) is 0 Å². The molecule has 1 heterocycles. The molecule has 0 amide bonds. The van der Waals surface area contributed by atoms with Crippen molar-refractivity contribution in [1.29, 1.82) is 0 Å². The summed E-state index contributed by atoms with van der Waals surface area (Å²) in [5.41, 5.74) is 2.44. The highest BCUT2D eigenvalue weighted by atomic mass is 32.1. The summed E-state index contributed by atoms with van der Waals surface area (Å²) in [6.07, 6.45) is 3.22. The van der Waals surface area contributed by atoms with Gasteiger partial charge in [0.05, 0.1) is 18.1 Å². The Balaban J connectivity index is 1.99. The number of ether oxygens (including phenoxy) is 1. The second-order valence-electron chi connectivity index (χ2n) is 4.70. The van der Waals surface area contributed by atoms with Gasteiger partial charge in [-0.2, -0.15) is 0 Å². The first-order valence-electron chi connectivity index (χ1n) is 6.76. The Morgan fingerprint density at radius 2 is 1.91 bits per heavy atom. The van der Waals surface area contributed by atoms with Crippen LogP contribution in [0.2, 0.25) is 0 Å². The predicted molar refractivity (Wildman–Crippen MR) is 89.8 cm³/mol. The van der Waals surface area contributed by atoms with Crippen LogP contribution in [0.25, 0.3) is 17.1 Å². The molecule has 3 aromatic rings. The highest BCUT2D eigenvalue weighted by Gasteiger charge is 2.09. The Hall–Kier alpha value is -2.66. The summed E-state index contributed by atoms with van der Waals surface area (Å²) >= 11 is 5.24. The number of allylic oxidation sites excluding steroid dienone is 1. The van der Waals surface area contributed by atoms with Crippen LogP contribution in [0.5, 0.6) is 5.75 Å². The maximum Gasteiger partial charge on any atom is 0.257 e. The normalized spacial score (nSPS) is 11.1. The quantitative estimate of drug-likeness (QED) is 0.586. The topological polar surface area (TPSA) is 47.0 Å². The average Bonchev–Trinajstić information content (AvgIpc) is 2.88. The van der Waals surface area contributed by atoms with Gasteiger partial charge in [0.2, 0.25) is 0 Å². The lowest BCUT2D eigenvalue weighted by molar-refractivity contribution is 0.0973. The first kappa shape index (κ1) is 14.3. The molecule has 0 atom stereocenters. The number of benzene rings is 2. The number of carbonyl (C=O) groups is 1. The number of H-pyrrole nitrogens is 1. The van der Waals surface area contributed by atoms with E-state index < -0.39 is 0 Å². The third-order valence-electron chi connectivity index (χ3n) is 3.35. The van der Waals surface area contributed by atoms with E-state index in [2.05, 4.69) is 4.98 Å². The highest BCUT2D eigenvalue weighted by molar-refractivity contribution is 7.71. The Morgan fingerprint density at radius 1 is 1.18 bits per heavy atom. The minimum atomic E-state index is -0.201. The smallest absolute Gasteiger partial charge is 0.257 e. The summed E-state index contributed by atoms with van der Waals surface area (Å²) in [7, 11) is 1.60. The lowest BCUT2D eigenvalue weighted by atomic mass is 10.2. The van der Waals surface area contributed by atoms with Gasteiger partial charge in [-0.05, 0) is 36.5 Å². The molecular formula is C17H14N2O2S. The van der Waals surface area contributed by atoms with Crippen molar-refractivity contribution in [1.82, 2.24) is 9.55 Å². The number of hydrogen-bond acceptors (Lipinski definition) is 3. The lowest BCUT2D eigenvalue weighted by Crippen LogP contribution is -2.06. The van der Waals surface area contributed by atoms with Crippen molar-refractivity contribution in [3.8, 4) is 5.75 Å². The van der Waals surface area contributed by atoms with E-state index in [0.29, 0.717) is 10.5 Å². The van der Waals surface area contributed by atoms with Crippen molar-refractivity contribution >= 4 is 35.2 Å². The van der Waals surface area contributed by atoms with Crippen molar-refractivity contribution in [2.24, 2.45) is 0 Å². The second kappa shape index (κ2) is 5.99. The van der Waals surface area contributed by atoms with E-state index in [-0.39, 0.29) is 5.91 Å². The minimum Gasteiger partial charge on any atom is -0.496 e. The molecule has 5 heteroatoms. The first-order valence-corrected chi connectivity index (χ1v) is 7.17. The molecule has 0 aliphatic heterocycles. The Kier molecular flexibility index (Phi) is 3.89. The molecule has 0 aliphatic carbocycles. The zero-order valence-corrected chi connectivity index (χ0v) is 12.8. The van der Waals surface area contributed by atoms with Crippen LogP contribution in [-0.4, -0.2) is 22.6 Å². The van der Waals surface area contributed by atoms with Gasteiger partial charge in [0.1, 0.15) is 5.75 Å². The first-order chi connectivity index (χ1) is 10.7. The SMILES string of the molecule is COc1ccccc1C=CC(=O)n1c(=S)[nH]c2ccccc21. The van der Waals surface area contributed by atoms with E-state index in [0.717, 1.165) is 16.6 Å². The summed E-state index contributed by atoms with van der Waals surface area (Å²) < 4.78 is 7.13. The van der Waals surface area contributed by atoms with E-state index in [9.17, 15) is 4.79 Å². The number of aromatic amines is 1. The molecule has 22 heavy (non-hydrogen) atoms. The van der Waals surface area contributed by atoms with Gasteiger partial charge in [0, 0.05) is 11.6 Å². The minimum absolute atomic E-state index is 0.201. The second-order valence-corrected chi connectivity index (χ2v) is 5.08. The molecular weight excluding hydrogens is 296 g/mol. The van der Waals surface area contributed by atoms with Gasteiger partial charge >= 0.3 is 0 Å². The summed E-state index contributed by atoms with van der Waals surface area (Å²) in [6, 6.07) is 15.0. The van der Waals surface area contributed by atoms with Gasteiger partial charge < -0.3 is 9.72 Å². The molecule has 0 fully saturated rings. The average molecular weight is 310 g/mol. The highest BCUT2D eigenvalue weighted by Crippen LogP contribution is 2.19. The Morgan fingerprint density at radius 3 is 2.73 bits per heavy atom. The fourth-order valence-corrected chi connectivity index (χ4v) is 2.61. The van der Waals surface area contributed by atoms with Crippen molar-refractivity contribution in [2.75, 3.05) is 7.11 Å². The monoisotopic (exact) mass is 310 g/mol. The zero-order valence-electron chi connectivity index (χ0n) is 11.9. The van der Waals surface area contributed by atoms with Gasteiger partial charge in [-0.3, -0.25) is 9.36 Å². The molecule has 0 bridgehead atoms. The number of para-hydroxylation sites is 3. The van der Waals surface area contributed by atoms with Crippen LogP contribution < -0.4 is 4.74 Å². The number of nitrogens with zero attached hydrogens (tertiary/aromatic N) is 1. The van der Waals surface area contributed by atoms with Gasteiger partial charge in [0.25, 0.3) is 5.91 Å². The maximum atomic E-state index is 12.5. The number of hydrogen-bond donors (Lipinski definition) is 1. The molecule has 3 rings (SSSR count). The molecule has 4 nitrogen and oxygen atoms in total. The number of carbonyl (C=O) groups excluding carboxylic acids is 1. The summed E-state index contributed by atoms with van der Waals surface area (Å²) in [6.45, 7) is 0. The molecule has 2 aromatic carbocycles. The molecule has 0 spiro atoms. The van der Waals surface area contributed by atoms with Crippen LogP contribution in [0, 0.1) is 4.77 Å². The number of methoxy groups -OCH3 is 1. The summed E-state index contributed by atoms with van der Waals surface area (Å²) in [4.78, 5) is 15.5. The number of fused-ring (bicyclic) bond motifs is 1. The fourth-order valence-electron chi connectivity index (χ4n) is 2.31. The summed E-state index contributed by atoms with van der Waals surface area (Å²) in [5, 5.41) is 0. The standard InChI is InChI=1S/C17H14N2O2S/c1-21-15-9-5-2-6-12(15)10-11-16(20)19-14-8-4-3-7-13(14)18-17(19)22/h2-11H,1H3,(H,18,22). The third-order valence-corrected chi connectivity index (χ3v) is 3.64. The molecule has 0 saturated carbocycles. The largest absolute Gasteiger partial charge is 0.496 e. The van der Waals surface area contributed by atoms with Crippen LogP contribution in [0.4, 0.5) is 0 Å². The number of nitrogens with one attached hydrogen (secondary N) is 1. The molecule has 110 valence electrons. The molecule has 0 saturated heterocycles. The van der Waals surface area contributed by atoms with Crippen LogP contribution >= 0.6 is 12.2 Å². The lowest BCUT2D eigenvalue weighted by Gasteiger charge is -2.03. The number of imidazole rings is 1. The number of rotatable bonds is 3. The zero-order chi connectivity index (χ0) is 15.5. The van der Waals surface area contributed by atoms with Crippen molar-refractivity contribution < 1.29 is 9.53 Å². The van der Waals surface area contributed by atoms with Crippen LogP contribution in [0.15, 0.2) is 54.6 Å². The van der Waals surface area contributed by atoms with Gasteiger partial charge in [0.15, 0.2) is 4.77 Å². The summed E-state index contributed by atoms with van der Waals surface area (Å²) in [5.74, 6) is 0.516.